The third-order valence-corrected chi connectivity index (χ3v) is 10.6. The van der Waals surface area contributed by atoms with Crippen molar-refractivity contribution in [2.24, 2.45) is 5.41 Å². The Morgan fingerprint density at radius 3 is 2.38 bits per heavy atom. The van der Waals surface area contributed by atoms with Crippen LogP contribution in [0.1, 0.15) is 13.8 Å². The van der Waals surface area contributed by atoms with Gasteiger partial charge in [0.1, 0.15) is 0 Å². The highest BCUT2D eigenvalue weighted by atomic mass is 35.8. The van der Waals surface area contributed by atoms with Crippen LogP contribution in [0.5, 0.6) is 0 Å². The molecular formula is C5H10ClO3PS3. The van der Waals surface area contributed by atoms with Crippen molar-refractivity contribution in [3.05, 3.63) is 0 Å². The molecule has 1 atom stereocenters. The molecule has 1 saturated heterocycles. The van der Waals surface area contributed by atoms with Crippen LogP contribution in [-0.4, -0.2) is 17.4 Å². The first-order valence-corrected chi connectivity index (χ1v) is 10.1. The summed E-state index contributed by atoms with van der Waals surface area (Å²) in [5, 5.41) is 0. The standard InChI is InChI=1S/C5H10ClO3PS3/c1-5(2)3-8-10(11,9-4-5)12-13(6)7/h3-4H2,1-2H3. The Morgan fingerprint density at radius 2 is 2.00 bits per heavy atom. The first-order valence-electron chi connectivity index (χ1n) is 3.50. The van der Waals surface area contributed by atoms with Crippen molar-refractivity contribution in [3.63, 3.8) is 0 Å². The van der Waals surface area contributed by atoms with E-state index in [0.29, 0.717) is 13.2 Å². The van der Waals surface area contributed by atoms with E-state index >= 15 is 0 Å². The normalized spacial score (nSPS) is 28.2. The SMILES string of the molecule is CC1(C)COP(=S)(SS(=O)Cl)OC1. The molecule has 0 aromatic heterocycles. The Labute approximate surface area is 93.2 Å². The third-order valence-electron chi connectivity index (χ3n) is 1.38. The average Bonchev–Trinajstić information content (AvgIpc) is 1.95. The van der Waals surface area contributed by atoms with E-state index in [0.717, 1.165) is 10.4 Å². The van der Waals surface area contributed by atoms with Crippen LogP contribution in [0.25, 0.3) is 0 Å². The van der Waals surface area contributed by atoms with Crippen LogP contribution in [0.4, 0.5) is 0 Å². The molecule has 1 aliphatic heterocycles. The second-order valence-electron chi connectivity index (χ2n) is 3.43. The lowest BCUT2D eigenvalue weighted by Crippen LogP contribution is -2.28. The maximum Gasteiger partial charge on any atom is 0.261 e. The zero-order valence-corrected chi connectivity index (χ0v) is 11.3. The second-order valence-corrected chi connectivity index (χ2v) is 13.0. The van der Waals surface area contributed by atoms with Crippen LogP contribution >= 0.6 is 26.8 Å². The fourth-order valence-electron chi connectivity index (χ4n) is 0.701. The molecule has 0 radical (unpaired) electrons. The Hall–Kier alpha value is 1.36. The Kier molecular flexibility index (Phi) is 4.28. The first kappa shape index (κ1) is 12.4. The summed E-state index contributed by atoms with van der Waals surface area (Å²) in [5.74, 6) is 0. The summed E-state index contributed by atoms with van der Waals surface area (Å²) in [6, 6.07) is 0. The summed E-state index contributed by atoms with van der Waals surface area (Å²) >= 11 is 5.08. The molecule has 13 heavy (non-hydrogen) atoms. The van der Waals surface area contributed by atoms with Crippen LogP contribution in [0.15, 0.2) is 0 Å². The van der Waals surface area contributed by atoms with Crippen molar-refractivity contribution in [2.45, 2.75) is 13.8 Å². The molecule has 1 heterocycles. The summed E-state index contributed by atoms with van der Waals surface area (Å²) in [6.45, 7) is 5.11. The summed E-state index contributed by atoms with van der Waals surface area (Å²) in [4.78, 5) is 0. The van der Waals surface area contributed by atoms with Gasteiger partial charge in [0.25, 0.3) is 5.69 Å². The predicted octanol–water partition coefficient (Wildman–Crippen LogP) is 2.83. The number of hydrogen-bond donors (Lipinski definition) is 0. The molecule has 0 aliphatic carbocycles. The lowest BCUT2D eigenvalue weighted by atomic mass is 9.97. The van der Waals surface area contributed by atoms with E-state index in [2.05, 4.69) is 0 Å². The molecule has 1 rings (SSSR count). The van der Waals surface area contributed by atoms with Gasteiger partial charge >= 0.3 is 0 Å². The smallest absolute Gasteiger partial charge is 0.261 e. The van der Waals surface area contributed by atoms with Gasteiger partial charge in [0.05, 0.1) is 13.2 Å². The van der Waals surface area contributed by atoms with Crippen LogP contribution in [0.3, 0.4) is 0 Å². The molecule has 1 aliphatic rings. The molecule has 1 unspecified atom stereocenters. The lowest BCUT2D eigenvalue weighted by molar-refractivity contribution is 0.0673. The highest BCUT2D eigenvalue weighted by Gasteiger charge is 2.35. The van der Waals surface area contributed by atoms with E-state index in [1.54, 1.807) is 0 Å². The van der Waals surface area contributed by atoms with Crippen molar-refractivity contribution in [1.82, 2.24) is 0 Å². The van der Waals surface area contributed by atoms with E-state index < -0.39 is 14.7 Å². The zero-order valence-electron chi connectivity index (χ0n) is 7.19. The van der Waals surface area contributed by atoms with Gasteiger partial charge in [-0.3, -0.25) is 0 Å². The minimum Gasteiger partial charge on any atom is -0.320 e. The number of hydrogen-bond acceptors (Lipinski definition) is 5. The summed E-state index contributed by atoms with van der Waals surface area (Å²) < 4.78 is 21.5. The van der Waals surface area contributed by atoms with Crippen molar-refractivity contribution in [1.29, 1.82) is 0 Å². The summed E-state index contributed by atoms with van der Waals surface area (Å²) in [6.07, 6.45) is 0. The topological polar surface area (TPSA) is 35.5 Å². The average molecular weight is 281 g/mol. The zero-order chi connectivity index (χ0) is 10.1. The minimum atomic E-state index is -2.43. The van der Waals surface area contributed by atoms with Gasteiger partial charge in [-0.2, -0.15) is 0 Å². The molecule has 0 N–H and O–H groups in total. The Balaban J connectivity index is 2.57. The van der Waals surface area contributed by atoms with Gasteiger partial charge < -0.3 is 9.05 Å². The molecule has 0 aromatic rings. The largest absolute Gasteiger partial charge is 0.320 e. The van der Waals surface area contributed by atoms with Crippen LogP contribution in [0, 0.1) is 5.41 Å². The van der Waals surface area contributed by atoms with E-state index in [-0.39, 0.29) is 5.41 Å². The van der Waals surface area contributed by atoms with Gasteiger partial charge in [-0.15, -0.1) is 0 Å². The maximum absolute atomic E-state index is 10.7. The molecule has 0 spiro atoms. The van der Waals surface area contributed by atoms with Crippen LogP contribution < -0.4 is 0 Å². The van der Waals surface area contributed by atoms with E-state index in [1.807, 2.05) is 13.8 Å². The van der Waals surface area contributed by atoms with Crippen molar-refractivity contribution in [2.75, 3.05) is 13.2 Å². The Bertz CT molecular complexity index is 256. The third kappa shape index (κ3) is 4.16. The molecule has 3 nitrogen and oxygen atoms in total. The first-order chi connectivity index (χ1) is 5.83. The molecule has 0 bridgehead atoms. The summed E-state index contributed by atoms with van der Waals surface area (Å²) in [5.41, 5.74) is -2.45. The molecule has 0 amide bonds. The maximum atomic E-state index is 10.7. The van der Waals surface area contributed by atoms with E-state index in [1.165, 1.54) is 0 Å². The van der Waals surface area contributed by atoms with Crippen molar-refractivity contribution in [3.8, 4) is 0 Å². The summed E-state index contributed by atoms with van der Waals surface area (Å²) in [7, 11) is 4.66. The quantitative estimate of drug-likeness (QED) is 0.442. The van der Waals surface area contributed by atoms with Crippen LogP contribution in [0.2, 0.25) is 0 Å². The van der Waals surface area contributed by atoms with Gasteiger partial charge in [0.15, 0.2) is 9.05 Å². The van der Waals surface area contributed by atoms with Crippen molar-refractivity contribution < 1.29 is 13.3 Å². The van der Waals surface area contributed by atoms with Gasteiger partial charge in [-0.05, 0) is 11.8 Å². The van der Waals surface area contributed by atoms with Gasteiger partial charge in [0.2, 0.25) is 0 Å². The predicted molar refractivity (Wildman–Crippen MR) is 61.6 cm³/mol. The monoisotopic (exact) mass is 280 g/mol. The highest BCUT2D eigenvalue weighted by molar-refractivity contribution is 9.02. The van der Waals surface area contributed by atoms with Crippen LogP contribution in [-0.2, 0) is 29.9 Å². The van der Waals surface area contributed by atoms with Gasteiger partial charge in [-0.25, -0.2) is 4.21 Å². The van der Waals surface area contributed by atoms with Crippen molar-refractivity contribution >= 4 is 47.6 Å². The fraction of sp³-hybridized carbons (Fsp3) is 1.00. The molecule has 8 heteroatoms. The fourth-order valence-corrected chi connectivity index (χ4v) is 9.81. The number of rotatable bonds is 2. The second kappa shape index (κ2) is 4.47. The molecule has 1 fully saturated rings. The number of halogens is 1. The van der Waals surface area contributed by atoms with Gasteiger partial charge in [-0.1, -0.05) is 13.8 Å². The minimum absolute atomic E-state index is 0.0172. The lowest BCUT2D eigenvalue weighted by Gasteiger charge is -2.34. The molecule has 0 saturated carbocycles. The van der Waals surface area contributed by atoms with Gasteiger partial charge in [0, 0.05) is 26.5 Å². The van der Waals surface area contributed by atoms with E-state index in [4.69, 9.17) is 31.5 Å². The Morgan fingerprint density at radius 1 is 1.54 bits per heavy atom. The molecular weight excluding hydrogens is 271 g/mol. The van der Waals surface area contributed by atoms with E-state index in [9.17, 15) is 4.21 Å². The highest BCUT2D eigenvalue weighted by Crippen LogP contribution is 2.65. The molecule has 0 aromatic carbocycles. The molecule has 78 valence electrons.